The number of hydrogen-bond donors (Lipinski definition) is 2. The molecule has 0 spiro atoms. The lowest BCUT2D eigenvalue weighted by Crippen LogP contribution is -2.65. The van der Waals surface area contributed by atoms with Crippen molar-refractivity contribution in [2.75, 3.05) is 88.9 Å². The van der Waals surface area contributed by atoms with Crippen molar-refractivity contribution < 1.29 is 33.3 Å². The van der Waals surface area contributed by atoms with Crippen LogP contribution in [0.1, 0.15) is 59.9 Å². The number of carbonyl (C=O) groups is 2. The summed E-state index contributed by atoms with van der Waals surface area (Å²) in [5.41, 5.74) is 2.68. The summed E-state index contributed by atoms with van der Waals surface area (Å²) in [5, 5.41) is 14.5. The molecule has 16 heteroatoms. The number of urea groups is 1. The van der Waals surface area contributed by atoms with Gasteiger partial charge in [-0.15, -0.1) is 0 Å². The van der Waals surface area contributed by atoms with Gasteiger partial charge in [-0.1, -0.05) is 20.8 Å². The number of likely N-dealkylation sites (tertiary alicyclic amines) is 1. The molecule has 3 amide bonds. The molecule has 2 aliphatic heterocycles. The number of hydrogen-bond acceptors (Lipinski definition) is 10. The highest BCUT2D eigenvalue weighted by Gasteiger charge is 2.45. The number of pyridine rings is 1. The number of anilines is 1. The maximum atomic E-state index is 15.4. The third kappa shape index (κ3) is 12.3. The van der Waals surface area contributed by atoms with Crippen molar-refractivity contribution in [3.05, 3.63) is 54.2 Å². The fourth-order valence-corrected chi connectivity index (χ4v) is 8.45. The van der Waals surface area contributed by atoms with Gasteiger partial charge in [-0.25, -0.2) is 39.0 Å². The van der Waals surface area contributed by atoms with E-state index < -0.39 is 33.1 Å². The van der Waals surface area contributed by atoms with Crippen molar-refractivity contribution >= 4 is 38.9 Å². The van der Waals surface area contributed by atoms with Crippen LogP contribution in [0.5, 0.6) is 5.88 Å². The van der Waals surface area contributed by atoms with Crippen molar-refractivity contribution in [1.29, 1.82) is 0 Å². The lowest BCUT2D eigenvalue weighted by molar-refractivity contribution is -0.0965. The number of β-amino-alcohol motifs (C(OH)–C–C–N with tert-alkyl or cyclic N) is 1. The number of aromatic nitrogens is 4. The van der Waals surface area contributed by atoms with Crippen LogP contribution < -0.4 is 10.1 Å². The van der Waals surface area contributed by atoms with Gasteiger partial charge in [0.2, 0.25) is 5.88 Å². The Kier molecular flexibility index (Phi) is 13.9. The fourth-order valence-electron chi connectivity index (χ4n) is 7.83. The zero-order valence-corrected chi connectivity index (χ0v) is 38.5. The van der Waals surface area contributed by atoms with Crippen molar-refractivity contribution in [2.45, 2.75) is 79.2 Å². The smallest absolute Gasteiger partial charge is 0.410 e. The van der Waals surface area contributed by atoms with Gasteiger partial charge in [-0.2, -0.15) is 0 Å². The Balaban J connectivity index is 1.16. The highest BCUT2D eigenvalue weighted by Crippen LogP contribution is 2.38. The molecule has 61 heavy (non-hydrogen) atoms. The van der Waals surface area contributed by atoms with E-state index in [1.165, 1.54) is 23.4 Å². The van der Waals surface area contributed by atoms with Crippen molar-refractivity contribution in [3.8, 4) is 28.4 Å². The molecule has 2 saturated heterocycles. The van der Waals surface area contributed by atoms with Gasteiger partial charge in [0.05, 0.1) is 37.7 Å². The first-order valence-electron chi connectivity index (χ1n) is 21.0. The molecule has 2 N–H and O–H groups in total. The fraction of sp³-hybridized carbons (Fsp3) is 0.578. The first kappa shape index (κ1) is 46.0. The molecule has 0 radical (unpaired) electrons. The number of nitrogens with one attached hydrogen (secondary N) is 1. The highest BCUT2D eigenvalue weighted by atomic mass is 32.3. The molecule has 0 aliphatic carbocycles. The van der Waals surface area contributed by atoms with Gasteiger partial charge in [-0.05, 0) is 94.5 Å². The van der Waals surface area contributed by atoms with E-state index in [0.717, 1.165) is 43.1 Å². The summed E-state index contributed by atoms with van der Waals surface area (Å²) in [6, 6.07) is 8.11. The van der Waals surface area contributed by atoms with Crippen LogP contribution in [0.25, 0.3) is 33.5 Å². The molecule has 0 bridgehead atoms. The lowest BCUT2D eigenvalue weighted by atomic mass is 9.78. The number of amides is 3. The summed E-state index contributed by atoms with van der Waals surface area (Å²) < 4.78 is 35.2. The van der Waals surface area contributed by atoms with Crippen LogP contribution in [-0.4, -0.2) is 146 Å². The van der Waals surface area contributed by atoms with Crippen molar-refractivity contribution in [3.63, 3.8) is 0 Å². The number of benzene rings is 1. The van der Waals surface area contributed by atoms with E-state index >= 15 is 4.39 Å². The molecular formula is C45H65FN8O6S. The number of nitrogens with zero attached hydrogens (tertiary/aromatic N) is 7. The van der Waals surface area contributed by atoms with Gasteiger partial charge in [0.25, 0.3) is 0 Å². The van der Waals surface area contributed by atoms with E-state index in [1.54, 1.807) is 11.1 Å². The Bertz CT molecular complexity index is 2160. The molecule has 0 saturated carbocycles. The number of piperazine rings is 1. The summed E-state index contributed by atoms with van der Waals surface area (Å²) in [6.45, 7) is 19.0. The minimum Gasteiger partial charge on any atom is -0.478 e. The number of fused-ring (bicyclic) bond motifs is 1. The molecule has 14 nitrogen and oxygen atoms in total. The molecule has 3 aromatic heterocycles. The van der Waals surface area contributed by atoms with E-state index in [-0.39, 0.29) is 31.3 Å². The second kappa shape index (κ2) is 18.5. The van der Waals surface area contributed by atoms with Crippen LogP contribution in [0.15, 0.2) is 42.9 Å². The molecule has 6 rings (SSSR count). The lowest BCUT2D eigenvalue weighted by Gasteiger charge is -2.48. The topological polar surface area (TPSA) is 147 Å². The quantitative estimate of drug-likeness (QED) is 0.122. The highest BCUT2D eigenvalue weighted by molar-refractivity contribution is 8.32. The van der Waals surface area contributed by atoms with Gasteiger partial charge >= 0.3 is 12.1 Å². The normalized spacial score (nSPS) is 16.4. The number of aliphatic hydroxyl groups is 1. The average Bonchev–Trinajstić information content (AvgIpc) is 3.53. The second-order valence-corrected chi connectivity index (χ2v) is 24.1. The van der Waals surface area contributed by atoms with E-state index in [9.17, 15) is 14.7 Å². The summed E-state index contributed by atoms with van der Waals surface area (Å²) in [5.74, 6) is 0.930. The first-order valence-corrected chi connectivity index (χ1v) is 24.1. The van der Waals surface area contributed by atoms with Crippen LogP contribution in [0.2, 0.25) is 0 Å². The van der Waals surface area contributed by atoms with E-state index in [0.29, 0.717) is 72.1 Å². The predicted molar refractivity (Wildman–Crippen MR) is 241 cm³/mol. The molecule has 0 unspecified atom stereocenters. The third-order valence-corrected chi connectivity index (χ3v) is 12.1. The van der Waals surface area contributed by atoms with Gasteiger partial charge < -0.3 is 39.0 Å². The number of halogens is 1. The van der Waals surface area contributed by atoms with Gasteiger partial charge in [0.1, 0.15) is 35.7 Å². The Morgan fingerprint density at radius 2 is 1.67 bits per heavy atom. The summed E-state index contributed by atoms with van der Waals surface area (Å²) >= 11 is 0. The van der Waals surface area contributed by atoms with E-state index in [2.05, 4.69) is 64.7 Å². The van der Waals surface area contributed by atoms with E-state index in [4.69, 9.17) is 14.2 Å². The number of ether oxygens (including phenoxy) is 3. The second-order valence-electron chi connectivity index (χ2n) is 19.5. The molecule has 2 fully saturated rings. The van der Waals surface area contributed by atoms with Crippen molar-refractivity contribution in [2.24, 2.45) is 5.41 Å². The standard InChI is InChI=1S/C45H65FN8O6S/c1-31-34(22-33(46)23-36(31)50-41(55)53-27-45(57,28-53)26-43(2,3)4)39-35-24-37(54(40(35)49-29-48-39)30-58-20-21-61(8,9)10)32-12-13-38(47-25-32)59-19-11-14-51-15-17-52(18-16-51)42(56)60-44(5,6)7/h12-13,22-25,29,57H,11,14-21,26-28,30H2,1-10H3,(H,50,55). The van der Waals surface area contributed by atoms with Gasteiger partial charge in [-0.3, -0.25) is 4.90 Å². The van der Waals surface area contributed by atoms with E-state index in [1.807, 2.05) is 50.5 Å². The molecule has 4 aromatic rings. The molecule has 1 aromatic carbocycles. The average molecular weight is 865 g/mol. The molecule has 334 valence electrons. The predicted octanol–water partition coefficient (Wildman–Crippen LogP) is 7.61. The minimum absolute atomic E-state index is 0.0903. The van der Waals surface area contributed by atoms with Crippen LogP contribution in [0.4, 0.5) is 19.7 Å². The molecule has 2 aliphatic rings. The largest absolute Gasteiger partial charge is 0.478 e. The van der Waals surface area contributed by atoms with Gasteiger partial charge in [0.15, 0.2) is 0 Å². The zero-order chi connectivity index (χ0) is 44.3. The SMILES string of the molecule is Cc1c(NC(=O)N2CC(O)(CC(C)(C)C)C2)cc(F)cc1-c1ncnc2c1cc(-c1ccc(OCCCN3CCN(C(=O)OC(C)(C)C)CC3)nc1)n2COCCS(C)(C)C. The summed E-state index contributed by atoms with van der Waals surface area (Å²) in [6.07, 6.45) is 11.1. The van der Waals surface area contributed by atoms with Crippen LogP contribution in [0, 0.1) is 18.2 Å². The van der Waals surface area contributed by atoms with Gasteiger partial charge in [0, 0.05) is 72.9 Å². The van der Waals surface area contributed by atoms with Crippen LogP contribution in [0.3, 0.4) is 0 Å². The Hall–Kier alpha value is -4.51. The molecule has 5 heterocycles. The number of carbonyl (C=O) groups excluding carboxylic acids is 2. The maximum Gasteiger partial charge on any atom is 0.410 e. The third-order valence-electron chi connectivity index (χ3n) is 10.7. The first-order chi connectivity index (χ1) is 28.6. The molecule has 0 atom stereocenters. The number of rotatable bonds is 14. The van der Waals surface area contributed by atoms with Crippen molar-refractivity contribution in [1.82, 2.24) is 34.2 Å². The Morgan fingerprint density at radius 3 is 2.31 bits per heavy atom. The Morgan fingerprint density at radius 1 is 0.951 bits per heavy atom. The van der Waals surface area contributed by atoms with Crippen LogP contribution >= 0.6 is 10.0 Å². The summed E-state index contributed by atoms with van der Waals surface area (Å²) in [4.78, 5) is 45.3. The maximum absolute atomic E-state index is 15.4. The minimum atomic E-state index is -0.945. The summed E-state index contributed by atoms with van der Waals surface area (Å²) in [7, 11) is -0.769. The monoisotopic (exact) mass is 864 g/mol. The molecular weight excluding hydrogens is 800 g/mol. The van der Waals surface area contributed by atoms with Crippen LogP contribution in [-0.2, 0) is 16.2 Å². The Labute approximate surface area is 361 Å². The zero-order valence-electron chi connectivity index (χ0n) is 37.6.